The average molecular weight is 353 g/mol. The van der Waals surface area contributed by atoms with Crippen LogP contribution in [-0.4, -0.2) is 38.6 Å². The number of carbonyl (C=O) groups is 2. The molecule has 0 aliphatic heterocycles. The number of ether oxygens (including phenoxy) is 1. The van der Waals surface area contributed by atoms with E-state index in [0.717, 1.165) is 0 Å². The van der Waals surface area contributed by atoms with E-state index in [1.165, 1.54) is 36.6 Å². The number of nitrogens with one attached hydrogen (secondary N) is 2. The number of anilines is 1. The topological polar surface area (TPSA) is 128 Å². The minimum atomic E-state index is -3.59. The van der Waals surface area contributed by atoms with Gasteiger partial charge >= 0.3 is 5.97 Å². The maximum atomic E-state index is 11.8. The highest BCUT2D eigenvalue weighted by atomic mass is 32.2. The maximum absolute atomic E-state index is 11.8. The Morgan fingerprint density at radius 2 is 1.92 bits per heavy atom. The molecule has 0 aliphatic rings. The molecule has 0 radical (unpaired) electrons. The monoisotopic (exact) mass is 353 g/mol. The number of rotatable bonds is 7. The molecule has 2 rings (SSSR count). The zero-order valence-corrected chi connectivity index (χ0v) is 13.5. The first-order valence-electron chi connectivity index (χ1n) is 6.89. The van der Waals surface area contributed by atoms with Crippen LogP contribution in [0.25, 0.3) is 0 Å². The molecule has 0 unspecified atom stereocenters. The van der Waals surface area contributed by atoms with Gasteiger partial charge in [-0.05, 0) is 24.3 Å². The fourth-order valence-electron chi connectivity index (χ4n) is 1.71. The highest BCUT2D eigenvalue weighted by molar-refractivity contribution is 7.89. The van der Waals surface area contributed by atoms with Crippen molar-refractivity contribution >= 4 is 27.7 Å². The van der Waals surface area contributed by atoms with Crippen molar-refractivity contribution in [2.75, 3.05) is 18.5 Å². The van der Waals surface area contributed by atoms with Crippen molar-refractivity contribution in [3.63, 3.8) is 0 Å². The number of sulfonamides is 1. The summed E-state index contributed by atoms with van der Waals surface area (Å²) in [6.07, 6.45) is 1.28. The fourth-order valence-corrected chi connectivity index (χ4v) is 2.75. The number of benzene rings is 1. The molecule has 2 N–H and O–H groups in total. The number of amides is 1. The number of aromatic nitrogens is 1. The van der Waals surface area contributed by atoms with Crippen molar-refractivity contribution in [1.82, 2.24) is 9.88 Å². The Bertz CT molecular complexity index is 800. The smallest absolute Gasteiger partial charge is 0.338 e. The second-order valence-corrected chi connectivity index (χ2v) is 6.30. The lowest BCUT2D eigenvalue weighted by Gasteiger charge is -2.07. The summed E-state index contributed by atoms with van der Waals surface area (Å²) in [5.74, 6) is -1.13. The van der Waals surface area contributed by atoms with Crippen molar-refractivity contribution < 1.29 is 27.3 Å². The molecule has 24 heavy (non-hydrogen) atoms. The van der Waals surface area contributed by atoms with Gasteiger partial charge in [-0.2, -0.15) is 0 Å². The summed E-state index contributed by atoms with van der Waals surface area (Å²) >= 11 is 0. The van der Waals surface area contributed by atoms with Crippen LogP contribution < -0.4 is 10.0 Å². The lowest BCUT2D eigenvalue weighted by atomic mass is 10.2. The lowest BCUT2D eigenvalue weighted by Crippen LogP contribution is -2.23. The van der Waals surface area contributed by atoms with E-state index in [0.29, 0.717) is 0 Å². The van der Waals surface area contributed by atoms with E-state index >= 15 is 0 Å². The summed E-state index contributed by atoms with van der Waals surface area (Å²) in [7, 11) is -3.59. The zero-order valence-electron chi connectivity index (χ0n) is 12.7. The second-order valence-electron chi connectivity index (χ2n) is 4.53. The van der Waals surface area contributed by atoms with Gasteiger partial charge in [0.2, 0.25) is 10.0 Å². The van der Waals surface area contributed by atoms with Crippen LogP contribution in [0.5, 0.6) is 0 Å². The van der Waals surface area contributed by atoms with Gasteiger partial charge in [-0.15, -0.1) is 0 Å². The summed E-state index contributed by atoms with van der Waals surface area (Å²) in [6, 6.07) is 6.61. The van der Waals surface area contributed by atoms with E-state index in [1.54, 1.807) is 6.92 Å². The Balaban J connectivity index is 1.92. The summed E-state index contributed by atoms with van der Waals surface area (Å²) in [6.45, 7) is 1.41. The predicted octanol–water partition coefficient (Wildman–Crippen LogP) is 0.768. The molecule has 2 aromatic rings. The molecular weight excluding hydrogens is 338 g/mol. The van der Waals surface area contributed by atoms with Crippen LogP contribution >= 0.6 is 0 Å². The van der Waals surface area contributed by atoms with Crippen LogP contribution in [0.1, 0.15) is 17.3 Å². The SMILES string of the molecule is CCNS(=O)(=O)c1ccc(C(=O)OCC(=O)Nc2ccon2)cc1. The quantitative estimate of drug-likeness (QED) is 0.704. The number of hydrogen-bond donors (Lipinski definition) is 2. The Morgan fingerprint density at radius 3 is 2.50 bits per heavy atom. The number of esters is 1. The standard InChI is InChI=1S/C14H15N3O6S/c1-2-15-24(20,21)11-5-3-10(4-6-11)14(19)22-9-13(18)16-12-7-8-23-17-12/h3-8,15H,2,9H2,1H3,(H,16,17,18). The lowest BCUT2D eigenvalue weighted by molar-refractivity contribution is -0.119. The molecule has 9 nitrogen and oxygen atoms in total. The first-order chi connectivity index (χ1) is 11.4. The molecular formula is C14H15N3O6S. The molecule has 0 spiro atoms. The van der Waals surface area contributed by atoms with Gasteiger partial charge in [-0.25, -0.2) is 17.9 Å². The van der Waals surface area contributed by atoms with Crippen LogP contribution in [0.4, 0.5) is 5.82 Å². The van der Waals surface area contributed by atoms with Gasteiger partial charge < -0.3 is 14.6 Å². The Hall–Kier alpha value is -2.72. The van der Waals surface area contributed by atoms with Crippen molar-refractivity contribution in [2.24, 2.45) is 0 Å². The molecule has 1 heterocycles. The van der Waals surface area contributed by atoms with E-state index in [9.17, 15) is 18.0 Å². The number of hydrogen-bond acceptors (Lipinski definition) is 7. The van der Waals surface area contributed by atoms with Gasteiger partial charge in [0.05, 0.1) is 10.5 Å². The summed E-state index contributed by atoms with van der Waals surface area (Å²) in [5, 5.41) is 5.84. The van der Waals surface area contributed by atoms with Crippen molar-refractivity contribution in [1.29, 1.82) is 0 Å². The van der Waals surface area contributed by atoms with E-state index in [4.69, 9.17) is 4.74 Å². The van der Waals surface area contributed by atoms with E-state index < -0.39 is 28.5 Å². The van der Waals surface area contributed by atoms with E-state index in [-0.39, 0.29) is 22.8 Å². The molecule has 0 saturated carbocycles. The van der Waals surface area contributed by atoms with Crippen LogP contribution in [-0.2, 0) is 19.6 Å². The number of carbonyl (C=O) groups excluding carboxylic acids is 2. The molecule has 1 amide bonds. The minimum absolute atomic E-state index is 0.0321. The molecule has 0 aliphatic carbocycles. The highest BCUT2D eigenvalue weighted by Crippen LogP contribution is 2.11. The first-order valence-corrected chi connectivity index (χ1v) is 8.38. The Morgan fingerprint density at radius 1 is 1.21 bits per heavy atom. The molecule has 0 atom stereocenters. The van der Waals surface area contributed by atoms with Crippen LogP contribution in [0, 0.1) is 0 Å². The molecule has 10 heteroatoms. The van der Waals surface area contributed by atoms with Gasteiger partial charge in [0.25, 0.3) is 5.91 Å². The molecule has 0 fully saturated rings. The normalized spacial score (nSPS) is 11.0. The van der Waals surface area contributed by atoms with Gasteiger partial charge in [0, 0.05) is 12.6 Å². The van der Waals surface area contributed by atoms with Crippen LogP contribution in [0.3, 0.4) is 0 Å². The van der Waals surface area contributed by atoms with Gasteiger partial charge in [0.15, 0.2) is 12.4 Å². The largest absolute Gasteiger partial charge is 0.452 e. The highest BCUT2D eigenvalue weighted by Gasteiger charge is 2.15. The third kappa shape index (κ3) is 4.64. The average Bonchev–Trinajstić information content (AvgIpc) is 3.05. The van der Waals surface area contributed by atoms with E-state index in [2.05, 4.69) is 19.7 Å². The van der Waals surface area contributed by atoms with Gasteiger partial charge in [-0.1, -0.05) is 12.1 Å². The third-order valence-electron chi connectivity index (χ3n) is 2.77. The third-order valence-corrected chi connectivity index (χ3v) is 4.34. The summed E-state index contributed by atoms with van der Waals surface area (Å²) in [5.41, 5.74) is 0.125. The molecule has 0 saturated heterocycles. The van der Waals surface area contributed by atoms with Gasteiger partial charge in [0.1, 0.15) is 6.26 Å². The van der Waals surface area contributed by atoms with Crippen molar-refractivity contribution in [3.05, 3.63) is 42.2 Å². The summed E-state index contributed by atoms with van der Waals surface area (Å²) in [4.78, 5) is 23.4. The fraction of sp³-hybridized carbons (Fsp3) is 0.214. The van der Waals surface area contributed by atoms with Crippen LogP contribution in [0.15, 0.2) is 46.0 Å². The van der Waals surface area contributed by atoms with Crippen LogP contribution in [0.2, 0.25) is 0 Å². The maximum Gasteiger partial charge on any atom is 0.338 e. The minimum Gasteiger partial charge on any atom is -0.452 e. The first kappa shape index (κ1) is 17.6. The molecule has 128 valence electrons. The zero-order chi connectivity index (χ0) is 17.6. The Labute approximate surface area is 138 Å². The summed E-state index contributed by atoms with van der Waals surface area (Å²) < 4.78 is 35.3. The van der Waals surface area contributed by atoms with Gasteiger partial charge in [-0.3, -0.25) is 4.79 Å². The van der Waals surface area contributed by atoms with Crippen molar-refractivity contribution in [2.45, 2.75) is 11.8 Å². The number of nitrogens with zero attached hydrogens (tertiary/aromatic N) is 1. The van der Waals surface area contributed by atoms with E-state index in [1.807, 2.05) is 0 Å². The molecule has 1 aromatic carbocycles. The molecule has 0 bridgehead atoms. The molecule has 1 aromatic heterocycles. The Kier molecular flexibility index (Phi) is 5.66. The second kappa shape index (κ2) is 7.70. The van der Waals surface area contributed by atoms with Crippen molar-refractivity contribution in [3.8, 4) is 0 Å². The predicted molar refractivity (Wildman–Crippen MR) is 82.7 cm³/mol.